The smallest absolute Gasteiger partial charge is 0.193 e. The number of hydrogen-bond donors (Lipinski definition) is 1. The summed E-state index contributed by atoms with van der Waals surface area (Å²) < 4.78 is 5.77. The summed E-state index contributed by atoms with van der Waals surface area (Å²) in [5.41, 5.74) is 0.471. The van der Waals surface area contributed by atoms with E-state index in [0.717, 1.165) is 25.7 Å². The molecule has 0 bridgehead atoms. The largest absolute Gasteiger partial charge is 0.385 e. The number of halogens is 1. The summed E-state index contributed by atoms with van der Waals surface area (Å²) in [6.45, 7) is 4.25. The van der Waals surface area contributed by atoms with Crippen molar-refractivity contribution in [2.45, 2.75) is 56.1 Å². The van der Waals surface area contributed by atoms with Gasteiger partial charge in [0.1, 0.15) is 0 Å². The first-order chi connectivity index (χ1) is 11.2. The molecule has 0 aromatic carbocycles. The third-order valence-electron chi connectivity index (χ3n) is 5.94. The van der Waals surface area contributed by atoms with Crippen molar-refractivity contribution >= 4 is 41.7 Å². The van der Waals surface area contributed by atoms with Crippen LogP contribution in [0.25, 0.3) is 0 Å². The molecule has 1 spiro atoms. The maximum Gasteiger partial charge on any atom is 0.193 e. The molecule has 4 nitrogen and oxygen atoms in total. The molecule has 0 unspecified atom stereocenters. The number of thioether (sulfide) groups is 1. The van der Waals surface area contributed by atoms with Crippen LogP contribution in [0.2, 0.25) is 0 Å². The maximum atomic E-state index is 5.27. The Morgan fingerprint density at radius 3 is 2.58 bits per heavy atom. The summed E-state index contributed by atoms with van der Waals surface area (Å²) in [5.74, 6) is 2.37. The van der Waals surface area contributed by atoms with Gasteiger partial charge in [0.05, 0.1) is 0 Å². The van der Waals surface area contributed by atoms with Crippen molar-refractivity contribution in [3.8, 4) is 0 Å². The topological polar surface area (TPSA) is 36.9 Å². The van der Waals surface area contributed by atoms with Gasteiger partial charge < -0.3 is 15.0 Å². The molecule has 6 heteroatoms. The van der Waals surface area contributed by atoms with Gasteiger partial charge in [-0.15, -0.1) is 24.0 Å². The number of hydrogen-bond acceptors (Lipinski definition) is 3. The van der Waals surface area contributed by atoms with Crippen LogP contribution in [0.5, 0.6) is 0 Å². The summed E-state index contributed by atoms with van der Waals surface area (Å²) in [6, 6.07) is 0. The Labute approximate surface area is 169 Å². The lowest BCUT2D eigenvalue weighted by atomic mass is 9.87. The van der Waals surface area contributed by atoms with Gasteiger partial charge in [0.2, 0.25) is 0 Å². The Morgan fingerprint density at radius 2 is 1.96 bits per heavy atom. The minimum Gasteiger partial charge on any atom is -0.385 e. The molecule has 3 aliphatic rings. The first-order valence-electron chi connectivity index (χ1n) is 9.30. The first kappa shape index (κ1) is 20.6. The van der Waals surface area contributed by atoms with Crippen molar-refractivity contribution in [3.05, 3.63) is 0 Å². The van der Waals surface area contributed by atoms with Crippen LogP contribution < -0.4 is 5.32 Å². The van der Waals surface area contributed by atoms with Crippen molar-refractivity contribution in [2.75, 3.05) is 46.2 Å². The SMILES string of the molecule is CN=C(NCC1(CCOC)CC1)N1CCSC2(CCCCC2)C1.I. The van der Waals surface area contributed by atoms with Crippen molar-refractivity contribution in [1.82, 2.24) is 10.2 Å². The summed E-state index contributed by atoms with van der Waals surface area (Å²) in [5, 5.41) is 3.68. The molecule has 3 fully saturated rings. The minimum absolute atomic E-state index is 0. The molecule has 1 heterocycles. The zero-order valence-corrected chi connectivity index (χ0v) is 18.5. The van der Waals surface area contributed by atoms with Gasteiger partial charge in [-0.05, 0) is 37.5 Å². The standard InChI is InChI=1S/C18H33N3OS.HI/c1-19-16(20-14-17(8-9-17)10-12-22-2)21-11-13-23-18(15-21)6-4-3-5-7-18;/h3-15H2,1-2H3,(H,19,20);1H. The van der Waals surface area contributed by atoms with Gasteiger partial charge in [0.15, 0.2) is 5.96 Å². The monoisotopic (exact) mass is 467 g/mol. The van der Waals surface area contributed by atoms with E-state index in [0.29, 0.717) is 10.2 Å². The molecule has 1 N–H and O–H groups in total. The lowest BCUT2D eigenvalue weighted by Gasteiger charge is -2.45. The van der Waals surface area contributed by atoms with E-state index in [1.807, 2.05) is 7.05 Å². The highest BCUT2D eigenvalue weighted by Gasteiger charge is 2.43. The Balaban J connectivity index is 0.00000208. The van der Waals surface area contributed by atoms with E-state index < -0.39 is 0 Å². The van der Waals surface area contributed by atoms with Crippen LogP contribution in [0.1, 0.15) is 51.4 Å². The Morgan fingerprint density at radius 1 is 1.21 bits per heavy atom. The van der Waals surface area contributed by atoms with Crippen LogP contribution in [0.3, 0.4) is 0 Å². The average molecular weight is 467 g/mol. The Hall–Kier alpha value is 0.310. The third kappa shape index (κ3) is 5.16. The van der Waals surface area contributed by atoms with Gasteiger partial charge in [-0.25, -0.2) is 0 Å². The zero-order valence-electron chi connectivity index (χ0n) is 15.3. The normalized spacial score (nSPS) is 25.2. The van der Waals surface area contributed by atoms with Crippen molar-refractivity contribution in [2.24, 2.45) is 10.4 Å². The van der Waals surface area contributed by atoms with E-state index >= 15 is 0 Å². The molecule has 24 heavy (non-hydrogen) atoms. The minimum atomic E-state index is 0. The van der Waals surface area contributed by atoms with Gasteiger partial charge in [-0.2, -0.15) is 11.8 Å². The Bertz CT molecular complexity index is 417. The third-order valence-corrected chi connectivity index (χ3v) is 7.48. The van der Waals surface area contributed by atoms with Gasteiger partial charge in [-0.1, -0.05) is 19.3 Å². The van der Waals surface area contributed by atoms with Crippen LogP contribution in [0.4, 0.5) is 0 Å². The second-order valence-corrected chi connectivity index (χ2v) is 9.22. The molecule has 0 aromatic heterocycles. The highest BCUT2D eigenvalue weighted by atomic mass is 127. The molecular weight excluding hydrogens is 433 g/mol. The summed E-state index contributed by atoms with van der Waals surface area (Å²) in [7, 11) is 3.74. The average Bonchev–Trinajstić information content (AvgIpc) is 3.35. The lowest BCUT2D eigenvalue weighted by molar-refractivity contribution is 0.172. The van der Waals surface area contributed by atoms with Gasteiger partial charge in [-0.3, -0.25) is 4.99 Å². The number of guanidine groups is 1. The van der Waals surface area contributed by atoms with Crippen molar-refractivity contribution < 1.29 is 4.74 Å². The van der Waals surface area contributed by atoms with Crippen LogP contribution in [0.15, 0.2) is 4.99 Å². The predicted octanol–water partition coefficient (Wildman–Crippen LogP) is 3.75. The number of ether oxygens (including phenoxy) is 1. The first-order valence-corrected chi connectivity index (χ1v) is 10.3. The van der Waals surface area contributed by atoms with Crippen LogP contribution in [0, 0.1) is 5.41 Å². The fraction of sp³-hybridized carbons (Fsp3) is 0.944. The second-order valence-electron chi connectivity index (χ2n) is 7.66. The molecule has 2 saturated carbocycles. The van der Waals surface area contributed by atoms with E-state index in [-0.39, 0.29) is 24.0 Å². The highest BCUT2D eigenvalue weighted by Crippen LogP contribution is 2.48. The maximum absolute atomic E-state index is 5.27. The number of nitrogens with one attached hydrogen (secondary N) is 1. The molecule has 0 atom stereocenters. The van der Waals surface area contributed by atoms with E-state index in [1.165, 1.54) is 63.7 Å². The highest BCUT2D eigenvalue weighted by molar-refractivity contribution is 14.0. The summed E-state index contributed by atoms with van der Waals surface area (Å²) >= 11 is 2.22. The molecule has 140 valence electrons. The summed E-state index contributed by atoms with van der Waals surface area (Å²) in [6.07, 6.45) is 10.9. The lowest BCUT2D eigenvalue weighted by Crippen LogP contribution is -2.54. The number of nitrogens with zero attached hydrogens (tertiary/aromatic N) is 2. The molecule has 2 aliphatic carbocycles. The molecule has 1 aliphatic heterocycles. The fourth-order valence-electron chi connectivity index (χ4n) is 4.13. The molecule has 0 amide bonds. The van der Waals surface area contributed by atoms with Crippen LogP contribution in [-0.2, 0) is 4.74 Å². The molecular formula is C18H34IN3OS. The predicted molar refractivity (Wildman–Crippen MR) is 115 cm³/mol. The van der Waals surface area contributed by atoms with E-state index in [9.17, 15) is 0 Å². The van der Waals surface area contributed by atoms with Gasteiger partial charge in [0, 0.05) is 50.9 Å². The van der Waals surface area contributed by atoms with Crippen LogP contribution in [-0.4, -0.2) is 61.8 Å². The quantitative estimate of drug-likeness (QED) is 0.380. The van der Waals surface area contributed by atoms with E-state index in [4.69, 9.17) is 4.74 Å². The molecule has 1 saturated heterocycles. The van der Waals surface area contributed by atoms with E-state index in [1.54, 1.807) is 7.11 Å². The summed E-state index contributed by atoms with van der Waals surface area (Å²) in [4.78, 5) is 7.11. The second kappa shape index (κ2) is 9.31. The fourth-order valence-corrected chi connectivity index (χ4v) is 5.70. The number of methoxy groups -OCH3 is 1. The molecule has 0 radical (unpaired) electrons. The number of rotatable bonds is 5. The van der Waals surface area contributed by atoms with E-state index in [2.05, 4.69) is 27.0 Å². The van der Waals surface area contributed by atoms with Crippen molar-refractivity contribution in [1.29, 1.82) is 0 Å². The Kier molecular flexibility index (Phi) is 8.00. The van der Waals surface area contributed by atoms with Crippen molar-refractivity contribution in [3.63, 3.8) is 0 Å². The number of aliphatic imine (C=N–C) groups is 1. The van der Waals surface area contributed by atoms with Crippen LogP contribution >= 0.6 is 35.7 Å². The zero-order chi connectivity index (χ0) is 16.2. The van der Waals surface area contributed by atoms with Gasteiger partial charge >= 0.3 is 0 Å². The molecule has 3 rings (SSSR count). The molecule has 0 aromatic rings. The van der Waals surface area contributed by atoms with Gasteiger partial charge in [0.25, 0.3) is 0 Å².